The molecule has 1 unspecified atom stereocenters. The molecule has 0 N–H and O–H groups in total. The van der Waals surface area contributed by atoms with Crippen molar-refractivity contribution < 1.29 is 61.3 Å². The summed E-state index contributed by atoms with van der Waals surface area (Å²) in [5, 5.41) is 0. The molecule has 0 fully saturated rings. The van der Waals surface area contributed by atoms with Gasteiger partial charge in [0.1, 0.15) is 0 Å². The van der Waals surface area contributed by atoms with Crippen LogP contribution in [0.4, 0.5) is 0 Å². The summed E-state index contributed by atoms with van der Waals surface area (Å²) < 4.78 is 15.7. The Balaban J connectivity index is 0.00000432. The van der Waals surface area contributed by atoms with Crippen LogP contribution in [0.25, 0.3) is 11.1 Å². The van der Waals surface area contributed by atoms with Gasteiger partial charge in [0.15, 0.2) is 6.10 Å². The van der Waals surface area contributed by atoms with Gasteiger partial charge in [-0.2, -0.15) is 0 Å². The molecule has 1 radical (unpaired) electrons. The first-order valence-electron chi connectivity index (χ1n) is 11.0. The molecule has 1 atom stereocenters. The minimum Gasteiger partial charge on any atom is -0.491 e. The smallest absolute Gasteiger partial charge is 0.346 e. The summed E-state index contributed by atoms with van der Waals surface area (Å²) in [6.07, 6.45) is -1.36. The summed E-state index contributed by atoms with van der Waals surface area (Å²) in [6.45, 7) is 8.55. The van der Waals surface area contributed by atoms with Crippen molar-refractivity contribution in [3.63, 3.8) is 0 Å². The van der Waals surface area contributed by atoms with Crippen LogP contribution in [0.5, 0.6) is 5.75 Å². The molecule has 0 aromatic heterocycles. The van der Waals surface area contributed by atoms with E-state index in [-0.39, 0.29) is 50.1 Å². The molecule has 0 amide bonds. The Morgan fingerprint density at radius 3 is 1.86 bits per heavy atom. The van der Waals surface area contributed by atoms with E-state index in [9.17, 15) is 14.4 Å². The van der Waals surface area contributed by atoms with Crippen molar-refractivity contribution in [2.45, 2.75) is 46.8 Å². The molecule has 0 aliphatic rings. The van der Waals surface area contributed by atoms with E-state index in [0.717, 1.165) is 11.1 Å². The monoisotopic (exact) mass is 548 g/mol. The predicted octanol–water partition coefficient (Wildman–Crippen LogP) is 5.48. The van der Waals surface area contributed by atoms with Crippen LogP contribution in [0.2, 0.25) is 0 Å². The molecule has 3 aromatic rings. The normalized spacial score (nSPS) is 11.3. The van der Waals surface area contributed by atoms with E-state index in [4.69, 9.17) is 14.2 Å². The Hall–Kier alpha value is -2.83. The van der Waals surface area contributed by atoms with Gasteiger partial charge in [-0.15, -0.1) is 18.2 Å². The number of ether oxygens (including phenoxy) is 3. The number of hydrogen-bond acceptors (Lipinski definition) is 6. The number of hydrogen-bond donors (Lipinski definition) is 0. The van der Waals surface area contributed by atoms with Crippen LogP contribution < -0.4 is 4.74 Å². The summed E-state index contributed by atoms with van der Waals surface area (Å²) in [7, 11) is 0. The minimum absolute atomic E-state index is 0. The summed E-state index contributed by atoms with van der Waals surface area (Å²) in [6, 6.07) is 21.1. The third-order valence-corrected chi connectivity index (χ3v) is 4.99. The van der Waals surface area contributed by atoms with Crippen molar-refractivity contribution in [3.8, 4) is 16.9 Å². The summed E-state index contributed by atoms with van der Waals surface area (Å²) in [4.78, 5) is 36.8. The third kappa shape index (κ3) is 7.84. The number of carbonyl (C=O) groups excluding carboxylic acids is 3. The standard InChI is InChI=1S/C28H27O6.Y/c1-17(2)32-26(29)20(5)33-28(31)24-14-15-25(19(4)16-24)34-27(30)23-12-10-22(11-13-23)21-8-6-18(3)7-9-21;/h6-15,17,20H,1-5H3;/q-1;. The van der Waals surface area contributed by atoms with Crippen molar-refractivity contribution in [2.75, 3.05) is 0 Å². The van der Waals surface area contributed by atoms with Gasteiger partial charge in [0.05, 0.1) is 11.7 Å². The molecular weight excluding hydrogens is 521 g/mol. The van der Waals surface area contributed by atoms with Gasteiger partial charge in [0.25, 0.3) is 5.97 Å². The predicted molar refractivity (Wildman–Crippen MR) is 128 cm³/mol. The summed E-state index contributed by atoms with van der Waals surface area (Å²) in [5.74, 6) is -1.59. The molecule has 3 aromatic carbocycles. The maximum absolute atomic E-state index is 12.6. The number of benzene rings is 3. The zero-order valence-corrected chi connectivity index (χ0v) is 23.3. The second kappa shape index (κ2) is 12.8. The van der Waals surface area contributed by atoms with Gasteiger partial charge >= 0.3 is 11.9 Å². The van der Waals surface area contributed by atoms with Gasteiger partial charge in [0, 0.05) is 38.5 Å². The molecule has 0 saturated carbocycles. The molecule has 179 valence electrons. The molecule has 0 aliphatic carbocycles. The largest absolute Gasteiger partial charge is 0.491 e. The molecule has 0 heterocycles. The Bertz CT molecular complexity index is 1180. The maximum atomic E-state index is 12.6. The second-order valence-electron chi connectivity index (χ2n) is 8.23. The molecule has 3 rings (SSSR count). The summed E-state index contributed by atoms with van der Waals surface area (Å²) >= 11 is 0. The van der Waals surface area contributed by atoms with Gasteiger partial charge in [-0.3, -0.25) is 0 Å². The average Bonchev–Trinajstić information content (AvgIpc) is 2.80. The molecule has 0 aliphatic heterocycles. The Morgan fingerprint density at radius 1 is 0.743 bits per heavy atom. The first-order chi connectivity index (χ1) is 16.1. The van der Waals surface area contributed by atoms with Gasteiger partial charge in [0.2, 0.25) is 0 Å². The fourth-order valence-electron chi connectivity index (χ4n) is 3.12. The number of carbonyl (C=O) groups is 3. The van der Waals surface area contributed by atoms with E-state index in [1.165, 1.54) is 24.6 Å². The van der Waals surface area contributed by atoms with Gasteiger partial charge < -0.3 is 19.0 Å². The number of aryl methyl sites for hydroxylation is 2. The van der Waals surface area contributed by atoms with Crippen molar-refractivity contribution in [3.05, 3.63) is 89.0 Å². The second-order valence-corrected chi connectivity index (χ2v) is 8.23. The van der Waals surface area contributed by atoms with Crippen LogP contribution >= 0.6 is 0 Å². The zero-order valence-electron chi connectivity index (χ0n) is 20.5. The van der Waals surface area contributed by atoms with Crippen LogP contribution in [0.15, 0.2) is 60.7 Å². The molecule has 0 spiro atoms. The zero-order chi connectivity index (χ0) is 24.8. The molecule has 0 bridgehead atoms. The van der Waals surface area contributed by atoms with Crippen molar-refractivity contribution in [2.24, 2.45) is 0 Å². The van der Waals surface area contributed by atoms with E-state index < -0.39 is 24.0 Å². The minimum atomic E-state index is -1.05. The van der Waals surface area contributed by atoms with Crippen LogP contribution in [-0.4, -0.2) is 30.1 Å². The van der Waals surface area contributed by atoms with Gasteiger partial charge in [-0.05, 0) is 51.0 Å². The van der Waals surface area contributed by atoms with E-state index in [2.05, 4.69) is 6.07 Å². The van der Waals surface area contributed by atoms with E-state index in [0.29, 0.717) is 11.1 Å². The van der Waals surface area contributed by atoms with Crippen LogP contribution in [0, 0.1) is 19.9 Å². The van der Waals surface area contributed by atoms with Crippen molar-refractivity contribution in [1.82, 2.24) is 0 Å². The Morgan fingerprint density at radius 2 is 1.31 bits per heavy atom. The molecule has 6 nitrogen and oxygen atoms in total. The Labute approximate surface area is 230 Å². The van der Waals surface area contributed by atoms with E-state index in [1.807, 2.05) is 43.3 Å². The first kappa shape index (κ1) is 28.4. The van der Waals surface area contributed by atoms with Crippen molar-refractivity contribution >= 4 is 17.9 Å². The van der Waals surface area contributed by atoms with E-state index >= 15 is 0 Å². The average molecular weight is 548 g/mol. The molecule has 7 heteroatoms. The van der Waals surface area contributed by atoms with Crippen LogP contribution in [0.3, 0.4) is 0 Å². The topological polar surface area (TPSA) is 78.9 Å². The fraction of sp³-hybridized carbons (Fsp3) is 0.250. The molecular formula is C28H27O6Y-. The Kier molecular flexibility index (Phi) is 10.4. The molecule has 35 heavy (non-hydrogen) atoms. The number of esters is 3. The van der Waals surface area contributed by atoms with Gasteiger partial charge in [-0.1, -0.05) is 60.0 Å². The van der Waals surface area contributed by atoms with Crippen molar-refractivity contribution in [1.29, 1.82) is 0 Å². The fourth-order valence-corrected chi connectivity index (χ4v) is 3.12. The SMILES string of the molecule is Cc1ccc(-c2ccc(C(=O)Oc3ccc(C(=O)OC(C)C(=O)OC(C)C)[c-]c3C)cc2)cc1.[Y]. The van der Waals surface area contributed by atoms with Crippen LogP contribution in [-0.2, 0) is 47.0 Å². The van der Waals surface area contributed by atoms with E-state index in [1.54, 1.807) is 32.9 Å². The summed E-state index contributed by atoms with van der Waals surface area (Å²) in [5.41, 5.74) is 4.20. The quantitative estimate of drug-likeness (QED) is 0.221. The first-order valence-corrected chi connectivity index (χ1v) is 11.0. The van der Waals surface area contributed by atoms with Gasteiger partial charge in [-0.25, -0.2) is 9.59 Å². The third-order valence-electron chi connectivity index (χ3n) is 4.99. The number of rotatable bonds is 7. The maximum Gasteiger partial charge on any atom is 0.346 e. The molecule has 0 saturated heterocycles. The van der Waals surface area contributed by atoms with Crippen LogP contribution in [0.1, 0.15) is 52.6 Å².